The maximum absolute atomic E-state index is 12.6. The predicted octanol–water partition coefficient (Wildman–Crippen LogP) is 3.26. The first kappa shape index (κ1) is 19.5. The van der Waals surface area contributed by atoms with E-state index in [4.69, 9.17) is 14.2 Å². The highest BCUT2D eigenvalue weighted by Gasteiger charge is 2.44. The SMILES string of the molecule is C=CCC(OC(C)=O)[C@@H]1CCC(OCC)N1C(=O)OC(C)(C)C. The fourth-order valence-electron chi connectivity index (χ4n) is 2.75. The number of nitrogens with zero attached hydrogens (tertiary/aromatic N) is 1. The third kappa shape index (κ3) is 5.86. The third-order valence-corrected chi connectivity index (χ3v) is 3.49. The first-order valence-electron chi connectivity index (χ1n) is 8.10. The Hall–Kier alpha value is -1.56. The van der Waals surface area contributed by atoms with Crippen molar-refractivity contribution in [3.8, 4) is 0 Å². The Morgan fingerprint density at radius 3 is 2.48 bits per heavy atom. The van der Waals surface area contributed by atoms with E-state index in [0.29, 0.717) is 25.9 Å². The van der Waals surface area contributed by atoms with Crippen molar-refractivity contribution >= 4 is 12.1 Å². The van der Waals surface area contributed by atoms with Crippen LogP contribution in [0.25, 0.3) is 0 Å². The van der Waals surface area contributed by atoms with E-state index in [1.807, 2.05) is 27.7 Å². The average Bonchev–Trinajstić information content (AvgIpc) is 2.80. The van der Waals surface area contributed by atoms with Crippen molar-refractivity contribution in [2.75, 3.05) is 6.61 Å². The molecule has 0 aromatic rings. The Morgan fingerprint density at radius 1 is 1.35 bits per heavy atom. The van der Waals surface area contributed by atoms with Crippen LogP contribution >= 0.6 is 0 Å². The normalized spacial score (nSPS) is 22.6. The summed E-state index contributed by atoms with van der Waals surface area (Å²) < 4.78 is 16.6. The van der Waals surface area contributed by atoms with Crippen molar-refractivity contribution in [3.63, 3.8) is 0 Å². The van der Waals surface area contributed by atoms with Crippen LogP contribution in [0.2, 0.25) is 0 Å². The molecule has 132 valence electrons. The second-order valence-corrected chi connectivity index (χ2v) is 6.61. The summed E-state index contributed by atoms with van der Waals surface area (Å²) in [6, 6.07) is -0.275. The van der Waals surface area contributed by atoms with Gasteiger partial charge in [0.05, 0.1) is 6.04 Å². The number of likely N-dealkylation sites (tertiary alicyclic amines) is 1. The van der Waals surface area contributed by atoms with Crippen LogP contribution in [0.3, 0.4) is 0 Å². The highest BCUT2D eigenvalue weighted by molar-refractivity contribution is 5.70. The first-order valence-corrected chi connectivity index (χ1v) is 8.10. The molecule has 23 heavy (non-hydrogen) atoms. The number of ether oxygens (including phenoxy) is 3. The van der Waals surface area contributed by atoms with Crippen LogP contribution in [0.4, 0.5) is 4.79 Å². The van der Waals surface area contributed by atoms with E-state index in [9.17, 15) is 9.59 Å². The van der Waals surface area contributed by atoms with Crippen molar-refractivity contribution in [1.29, 1.82) is 0 Å². The molecule has 2 unspecified atom stereocenters. The maximum atomic E-state index is 12.6. The van der Waals surface area contributed by atoms with Crippen LogP contribution in [-0.4, -0.2) is 47.5 Å². The van der Waals surface area contributed by atoms with Crippen molar-refractivity contribution in [1.82, 2.24) is 4.90 Å². The molecule has 6 heteroatoms. The number of amides is 1. The van der Waals surface area contributed by atoms with Gasteiger partial charge in [0, 0.05) is 20.0 Å². The lowest BCUT2D eigenvalue weighted by atomic mass is 10.1. The molecule has 0 spiro atoms. The molecule has 1 aliphatic rings. The Bertz CT molecular complexity index is 429. The molecule has 1 amide bonds. The molecule has 1 aliphatic heterocycles. The summed E-state index contributed by atoms with van der Waals surface area (Å²) >= 11 is 0. The van der Waals surface area contributed by atoms with Gasteiger partial charge in [-0.1, -0.05) is 6.08 Å². The van der Waals surface area contributed by atoms with E-state index in [0.717, 1.165) is 0 Å². The van der Waals surface area contributed by atoms with Gasteiger partial charge in [-0.25, -0.2) is 4.79 Å². The van der Waals surface area contributed by atoms with E-state index >= 15 is 0 Å². The standard InChI is InChI=1S/C17H29NO5/c1-7-9-14(22-12(3)19)13-10-11-15(21-8-2)18(13)16(20)23-17(4,5)6/h7,13-15H,1,8-11H2,2-6H3/t13-,14?,15?/m0/s1. The van der Waals surface area contributed by atoms with Crippen LogP contribution in [0.15, 0.2) is 12.7 Å². The summed E-state index contributed by atoms with van der Waals surface area (Å²) in [6.07, 6.45) is 2.30. The van der Waals surface area contributed by atoms with Crippen LogP contribution in [0.5, 0.6) is 0 Å². The molecule has 0 saturated carbocycles. The van der Waals surface area contributed by atoms with E-state index in [1.165, 1.54) is 6.92 Å². The van der Waals surface area contributed by atoms with Gasteiger partial charge in [0.1, 0.15) is 17.9 Å². The minimum Gasteiger partial charge on any atom is -0.460 e. The Labute approximate surface area is 138 Å². The smallest absolute Gasteiger partial charge is 0.412 e. The molecule has 0 aliphatic carbocycles. The molecule has 6 nitrogen and oxygen atoms in total. The Balaban J connectivity index is 2.99. The summed E-state index contributed by atoms with van der Waals surface area (Å²) in [5, 5.41) is 0. The second-order valence-electron chi connectivity index (χ2n) is 6.61. The predicted molar refractivity (Wildman–Crippen MR) is 86.9 cm³/mol. The van der Waals surface area contributed by atoms with E-state index < -0.39 is 17.8 Å². The molecule has 3 atom stereocenters. The van der Waals surface area contributed by atoms with Gasteiger partial charge in [-0.2, -0.15) is 0 Å². The molecule has 0 aromatic heterocycles. The lowest BCUT2D eigenvalue weighted by molar-refractivity contribution is -0.151. The average molecular weight is 327 g/mol. The summed E-state index contributed by atoms with van der Waals surface area (Å²) in [4.78, 5) is 25.6. The number of carbonyl (C=O) groups is 2. The van der Waals surface area contributed by atoms with E-state index in [-0.39, 0.29) is 18.2 Å². The van der Waals surface area contributed by atoms with Crippen molar-refractivity contribution in [2.45, 2.75) is 77.9 Å². The Morgan fingerprint density at radius 2 is 2.00 bits per heavy atom. The van der Waals surface area contributed by atoms with Gasteiger partial charge in [0.2, 0.25) is 0 Å². The van der Waals surface area contributed by atoms with E-state index in [2.05, 4.69) is 6.58 Å². The second kappa shape index (κ2) is 8.34. The van der Waals surface area contributed by atoms with Crippen molar-refractivity contribution in [2.24, 2.45) is 0 Å². The highest BCUT2D eigenvalue weighted by Crippen LogP contribution is 2.31. The van der Waals surface area contributed by atoms with Gasteiger partial charge >= 0.3 is 12.1 Å². The van der Waals surface area contributed by atoms with E-state index in [1.54, 1.807) is 11.0 Å². The van der Waals surface area contributed by atoms with Crippen LogP contribution < -0.4 is 0 Å². The zero-order valence-corrected chi connectivity index (χ0v) is 14.8. The Kier molecular flexibility index (Phi) is 7.06. The van der Waals surface area contributed by atoms with Gasteiger partial charge in [0.25, 0.3) is 0 Å². The quantitative estimate of drug-likeness (QED) is 0.553. The maximum Gasteiger partial charge on any atom is 0.412 e. The summed E-state index contributed by atoms with van der Waals surface area (Å²) in [5.41, 5.74) is -0.601. The van der Waals surface area contributed by atoms with Gasteiger partial charge < -0.3 is 14.2 Å². The van der Waals surface area contributed by atoms with Gasteiger partial charge in [0.15, 0.2) is 0 Å². The molecule has 0 radical (unpaired) electrons. The highest BCUT2D eigenvalue weighted by atomic mass is 16.6. The monoisotopic (exact) mass is 327 g/mol. The molecular formula is C17H29NO5. The molecule has 1 heterocycles. The van der Waals surface area contributed by atoms with Crippen molar-refractivity contribution in [3.05, 3.63) is 12.7 Å². The zero-order valence-electron chi connectivity index (χ0n) is 14.8. The fourth-order valence-corrected chi connectivity index (χ4v) is 2.75. The van der Waals surface area contributed by atoms with Crippen LogP contribution in [-0.2, 0) is 19.0 Å². The van der Waals surface area contributed by atoms with Gasteiger partial charge in [-0.05, 0) is 40.5 Å². The molecule has 0 N–H and O–H groups in total. The minimum absolute atomic E-state index is 0.275. The third-order valence-electron chi connectivity index (χ3n) is 3.49. The largest absolute Gasteiger partial charge is 0.460 e. The van der Waals surface area contributed by atoms with Gasteiger partial charge in [-0.15, -0.1) is 6.58 Å². The molecule has 0 bridgehead atoms. The summed E-state index contributed by atoms with van der Waals surface area (Å²) in [7, 11) is 0. The number of hydrogen-bond donors (Lipinski definition) is 0. The molecule has 1 rings (SSSR count). The number of esters is 1. The van der Waals surface area contributed by atoms with Crippen molar-refractivity contribution < 1.29 is 23.8 Å². The molecule has 0 aromatic carbocycles. The number of hydrogen-bond acceptors (Lipinski definition) is 5. The van der Waals surface area contributed by atoms with Crippen LogP contribution in [0.1, 0.15) is 53.9 Å². The summed E-state index contributed by atoms with van der Waals surface area (Å²) in [6.45, 7) is 12.9. The summed E-state index contributed by atoms with van der Waals surface area (Å²) in [5.74, 6) is -0.374. The lowest BCUT2D eigenvalue weighted by Crippen LogP contribution is -2.50. The van der Waals surface area contributed by atoms with Crippen LogP contribution in [0, 0.1) is 0 Å². The lowest BCUT2D eigenvalue weighted by Gasteiger charge is -2.35. The molecule has 1 fully saturated rings. The topological polar surface area (TPSA) is 65.1 Å². The number of carbonyl (C=O) groups excluding carboxylic acids is 2. The zero-order chi connectivity index (χ0) is 17.6. The van der Waals surface area contributed by atoms with Gasteiger partial charge in [-0.3, -0.25) is 9.69 Å². The molecular weight excluding hydrogens is 298 g/mol. The first-order chi connectivity index (χ1) is 10.7. The fraction of sp³-hybridized carbons (Fsp3) is 0.765. The minimum atomic E-state index is -0.601. The molecule has 1 saturated heterocycles. The number of rotatable bonds is 6.